The first-order chi connectivity index (χ1) is 11.7. The monoisotopic (exact) mass is 367 g/mol. The second-order valence-electron chi connectivity index (χ2n) is 7.50. The van der Waals surface area contributed by atoms with Gasteiger partial charge in [0.1, 0.15) is 0 Å². The van der Waals surface area contributed by atoms with Gasteiger partial charge in [0.15, 0.2) is 5.96 Å². The van der Waals surface area contributed by atoms with Crippen molar-refractivity contribution in [2.45, 2.75) is 65.8 Å². The molecular weight excluding hydrogens is 334 g/mol. The maximum atomic E-state index is 5.86. The van der Waals surface area contributed by atoms with Crippen LogP contribution in [-0.2, 0) is 11.3 Å². The van der Waals surface area contributed by atoms with Crippen LogP contribution < -0.4 is 10.6 Å². The van der Waals surface area contributed by atoms with Gasteiger partial charge in [-0.05, 0) is 41.5 Å². The fourth-order valence-electron chi connectivity index (χ4n) is 3.21. The fraction of sp³-hybridized carbons (Fsp3) is 0.778. The van der Waals surface area contributed by atoms with Gasteiger partial charge in [0.2, 0.25) is 0 Å². The van der Waals surface area contributed by atoms with Crippen LogP contribution in [0.4, 0.5) is 0 Å². The molecule has 1 aliphatic rings. The maximum Gasteiger partial charge on any atom is 0.191 e. The predicted molar refractivity (Wildman–Crippen MR) is 105 cm³/mol. The van der Waals surface area contributed by atoms with Crippen molar-refractivity contribution in [2.75, 3.05) is 26.7 Å². The molecule has 0 saturated carbocycles. The van der Waals surface area contributed by atoms with E-state index in [4.69, 9.17) is 4.74 Å². The average Bonchev–Trinajstić information content (AvgIpc) is 2.84. The molecule has 2 unspecified atom stereocenters. The van der Waals surface area contributed by atoms with Crippen LogP contribution in [0.25, 0.3) is 0 Å². The Hall–Kier alpha value is -1.18. The van der Waals surface area contributed by atoms with Crippen molar-refractivity contribution in [1.82, 2.24) is 20.5 Å². The summed E-state index contributed by atoms with van der Waals surface area (Å²) in [6.07, 6.45) is 0.552. The van der Waals surface area contributed by atoms with Gasteiger partial charge < -0.3 is 15.4 Å². The summed E-state index contributed by atoms with van der Waals surface area (Å²) in [6, 6.07) is 0. The summed E-state index contributed by atoms with van der Waals surface area (Å²) in [5, 5.41) is 7.98. The minimum Gasteiger partial charge on any atom is -0.373 e. The molecule has 6 nitrogen and oxygen atoms in total. The van der Waals surface area contributed by atoms with Crippen LogP contribution in [0.15, 0.2) is 4.99 Å². The summed E-state index contributed by atoms with van der Waals surface area (Å²) in [7, 11) is 1.81. The normalized spacial score (nSPS) is 22.9. The van der Waals surface area contributed by atoms with Crippen LogP contribution in [0.2, 0.25) is 0 Å². The summed E-state index contributed by atoms with van der Waals surface area (Å²) in [5.41, 5.74) is 1.13. The number of hydrogen-bond donors (Lipinski definition) is 2. The summed E-state index contributed by atoms with van der Waals surface area (Å²) in [4.78, 5) is 12.6. The summed E-state index contributed by atoms with van der Waals surface area (Å²) >= 11 is 1.74. The van der Waals surface area contributed by atoms with Crippen LogP contribution in [-0.4, -0.2) is 60.3 Å². The minimum atomic E-state index is 0.0287. The van der Waals surface area contributed by atoms with Gasteiger partial charge in [-0.2, -0.15) is 0 Å². The van der Waals surface area contributed by atoms with Gasteiger partial charge in [-0.25, -0.2) is 4.98 Å². The Labute approximate surface area is 156 Å². The van der Waals surface area contributed by atoms with Crippen molar-refractivity contribution < 1.29 is 4.74 Å². The molecule has 2 rings (SSSR count). The number of rotatable bonds is 5. The standard InChI is InChI=1S/C18H33N5OS/c1-12-9-23(10-13(2)24-12)18(5,6)11-21-17(19-7)20-8-16-14(3)22-15(4)25-16/h12-13H,8-11H2,1-7H3,(H2,19,20,21). The first-order valence-corrected chi connectivity index (χ1v) is 9.81. The zero-order valence-corrected chi connectivity index (χ0v) is 17.5. The molecule has 1 fully saturated rings. The highest BCUT2D eigenvalue weighted by Crippen LogP contribution is 2.20. The number of guanidine groups is 1. The highest BCUT2D eigenvalue weighted by Gasteiger charge is 2.33. The molecule has 2 heterocycles. The van der Waals surface area contributed by atoms with E-state index in [0.717, 1.165) is 42.8 Å². The van der Waals surface area contributed by atoms with Crippen molar-refractivity contribution in [3.05, 3.63) is 15.6 Å². The van der Waals surface area contributed by atoms with Crippen molar-refractivity contribution in [3.8, 4) is 0 Å². The van der Waals surface area contributed by atoms with Crippen LogP contribution >= 0.6 is 11.3 Å². The Morgan fingerprint density at radius 2 is 1.92 bits per heavy atom. The Kier molecular flexibility index (Phi) is 6.82. The molecule has 0 bridgehead atoms. The molecule has 0 radical (unpaired) electrons. The molecule has 25 heavy (non-hydrogen) atoms. The lowest BCUT2D eigenvalue weighted by molar-refractivity contribution is -0.0946. The highest BCUT2D eigenvalue weighted by atomic mass is 32.1. The van der Waals surface area contributed by atoms with Crippen molar-refractivity contribution >= 4 is 17.3 Å². The van der Waals surface area contributed by atoms with E-state index in [1.54, 1.807) is 11.3 Å². The van der Waals surface area contributed by atoms with Crippen LogP contribution in [0.5, 0.6) is 0 Å². The molecular formula is C18H33N5OS. The van der Waals surface area contributed by atoms with Gasteiger partial charge in [0, 0.05) is 37.1 Å². The lowest BCUT2D eigenvalue weighted by Crippen LogP contribution is -2.59. The van der Waals surface area contributed by atoms with E-state index in [-0.39, 0.29) is 17.7 Å². The number of hydrogen-bond acceptors (Lipinski definition) is 5. The number of thiazole rings is 1. The zero-order valence-electron chi connectivity index (χ0n) is 16.6. The highest BCUT2D eigenvalue weighted by molar-refractivity contribution is 7.11. The quantitative estimate of drug-likeness (QED) is 0.618. The molecule has 2 N–H and O–H groups in total. The SMILES string of the molecule is CN=C(NCc1sc(C)nc1C)NCC(C)(C)N1CC(C)OC(C)C1. The molecule has 0 amide bonds. The smallest absolute Gasteiger partial charge is 0.191 e. The van der Waals surface area contributed by atoms with E-state index >= 15 is 0 Å². The van der Waals surface area contributed by atoms with Crippen molar-refractivity contribution in [1.29, 1.82) is 0 Å². The van der Waals surface area contributed by atoms with E-state index < -0.39 is 0 Å². The number of nitrogens with zero attached hydrogens (tertiary/aromatic N) is 3. The van der Waals surface area contributed by atoms with Crippen LogP contribution in [0.3, 0.4) is 0 Å². The van der Waals surface area contributed by atoms with Crippen LogP contribution in [0, 0.1) is 13.8 Å². The Balaban J connectivity index is 1.87. The van der Waals surface area contributed by atoms with Gasteiger partial charge >= 0.3 is 0 Å². The Morgan fingerprint density at radius 3 is 2.44 bits per heavy atom. The number of aliphatic imine (C=N–C) groups is 1. The van der Waals surface area contributed by atoms with Gasteiger partial charge in [0.05, 0.1) is 29.5 Å². The Bertz CT molecular complexity index is 588. The lowest BCUT2D eigenvalue weighted by Gasteiger charge is -2.45. The van der Waals surface area contributed by atoms with Gasteiger partial charge in [-0.3, -0.25) is 9.89 Å². The van der Waals surface area contributed by atoms with E-state index in [0.29, 0.717) is 0 Å². The molecule has 1 aromatic rings. The summed E-state index contributed by atoms with van der Waals surface area (Å²) in [5.74, 6) is 0.827. The predicted octanol–water partition coefficient (Wildman–Crippen LogP) is 2.31. The number of aryl methyl sites for hydroxylation is 2. The van der Waals surface area contributed by atoms with Gasteiger partial charge in [0.25, 0.3) is 0 Å². The molecule has 2 atom stereocenters. The third-order valence-corrected chi connectivity index (χ3v) is 5.68. The first-order valence-electron chi connectivity index (χ1n) is 8.99. The Morgan fingerprint density at radius 1 is 1.28 bits per heavy atom. The van der Waals surface area contributed by atoms with Gasteiger partial charge in [-0.15, -0.1) is 11.3 Å². The average molecular weight is 368 g/mol. The molecule has 142 valence electrons. The first kappa shape index (κ1) is 20.1. The topological polar surface area (TPSA) is 61.8 Å². The maximum absolute atomic E-state index is 5.86. The third kappa shape index (κ3) is 5.66. The van der Waals surface area contributed by atoms with Crippen molar-refractivity contribution in [3.63, 3.8) is 0 Å². The van der Waals surface area contributed by atoms with Crippen LogP contribution in [0.1, 0.15) is 43.3 Å². The van der Waals surface area contributed by atoms with Gasteiger partial charge in [-0.1, -0.05) is 0 Å². The number of aromatic nitrogens is 1. The molecule has 0 aromatic carbocycles. The summed E-state index contributed by atoms with van der Waals surface area (Å²) in [6.45, 7) is 16.4. The van der Waals surface area contributed by atoms with E-state index in [2.05, 4.69) is 60.1 Å². The minimum absolute atomic E-state index is 0.0287. The second-order valence-corrected chi connectivity index (χ2v) is 8.78. The number of nitrogens with one attached hydrogen (secondary N) is 2. The molecule has 7 heteroatoms. The van der Waals surface area contributed by atoms with E-state index in [9.17, 15) is 0 Å². The molecule has 0 aliphatic carbocycles. The molecule has 1 saturated heterocycles. The largest absolute Gasteiger partial charge is 0.373 e. The van der Waals surface area contributed by atoms with E-state index in [1.807, 2.05) is 14.0 Å². The summed E-state index contributed by atoms with van der Waals surface area (Å²) < 4.78 is 5.86. The molecule has 1 aromatic heterocycles. The van der Waals surface area contributed by atoms with E-state index in [1.165, 1.54) is 4.88 Å². The van der Waals surface area contributed by atoms with Crippen molar-refractivity contribution in [2.24, 2.45) is 4.99 Å². The fourth-order valence-corrected chi connectivity index (χ4v) is 4.08. The second kappa shape index (κ2) is 8.47. The molecule has 0 spiro atoms. The number of ether oxygens (including phenoxy) is 1. The molecule has 1 aliphatic heterocycles. The zero-order chi connectivity index (χ0) is 18.6. The third-order valence-electron chi connectivity index (χ3n) is 4.60. The lowest BCUT2D eigenvalue weighted by atomic mass is 10.00. The number of morpholine rings is 1.